The third-order valence-electron chi connectivity index (χ3n) is 7.49. The zero-order valence-corrected chi connectivity index (χ0v) is 29.0. The summed E-state index contributed by atoms with van der Waals surface area (Å²) in [5.74, 6) is 1.01. The van der Waals surface area contributed by atoms with Gasteiger partial charge in [0.2, 0.25) is 0 Å². The molecule has 11 heteroatoms. The van der Waals surface area contributed by atoms with Crippen LogP contribution < -0.4 is 30.4 Å². The first-order valence-electron chi connectivity index (χ1n) is 17.0. The smallest absolute Gasteiger partial charge is 0.343 e. The average molecular weight is 701 g/mol. The summed E-state index contributed by atoms with van der Waals surface area (Å²) in [6.07, 6.45) is 8.45. The van der Waals surface area contributed by atoms with Crippen LogP contribution in [0.25, 0.3) is 5.76 Å². The maximum atomic E-state index is 12.9. The van der Waals surface area contributed by atoms with Gasteiger partial charge in [-0.3, -0.25) is 0 Å². The molecule has 0 heterocycles. The van der Waals surface area contributed by atoms with Crippen molar-refractivity contribution in [2.24, 2.45) is 11.5 Å². The van der Waals surface area contributed by atoms with Gasteiger partial charge in [-0.05, 0) is 118 Å². The summed E-state index contributed by atoms with van der Waals surface area (Å²) in [5, 5.41) is 0. The molecule has 0 saturated heterocycles. The number of hydrogen-bond donors (Lipinski definition) is 2. The molecule has 272 valence electrons. The van der Waals surface area contributed by atoms with Crippen molar-refractivity contribution in [3.63, 3.8) is 0 Å². The maximum absolute atomic E-state index is 12.9. The number of unbranched alkanes of at least 4 members (excludes halogenated alkanes) is 6. The van der Waals surface area contributed by atoms with E-state index in [2.05, 4.69) is 19.7 Å². The summed E-state index contributed by atoms with van der Waals surface area (Å²) in [5.41, 5.74) is 13.5. The van der Waals surface area contributed by atoms with Crippen molar-refractivity contribution < 1.29 is 42.8 Å². The number of esters is 3. The molecule has 0 atom stereocenters. The van der Waals surface area contributed by atoms with E-state index in [-0.39, 0.29) is 5.75 Å². The summed E-state index contributed by atoms with van der Waals surface area (Å²) in [6, 6.07) is 18.9. The van der Waals surface area contributed by atoms with Crippen LogP contribution in [0.2, 0.25) is 0 Å². The summed E-state index contributed by atoms with van der Waals surface area (Å²) in [6.45, 7) is 12.7. The number of nitrogens with two attached hydrogens (primary N) is 2. The molecule has 0 spiro atoms. The van der Waals surface area contributed by atoms with E-state index in [4.69, 9.17) is 39.9 Å². The van der Waals surface area contributed by atoms with Crippen LogP contribution in [0.15, 0.2) is 98.6 Å². The van der Waals surface area contributed by atoms with Crippen LogP contribution in [0, 0.1) is 0 Å². The lowest BCUT2D eigenvalue weighted by atomic mass is 10.1. The normalized spacial score (nSPS) is 10.6. The van der Waals surface area contributed by atoms with E-state index in [0.29, 0.717) is 54.8 Å². The Balaban J connectivity index is 1.42. The average Bonchev–Trinajstić information content (AvgIpc) is 3.14. The minimum Gasteiger partial charge on any atom is -0.494 e. The van der Waals surface area contributed by atoms with Crippen LogP contribution in [0.1, 0.15) is 79.0 Å². The van der Waals surface area contributed by atoms with Gasteiger partial charge >= 0.3 is 17.9 Å². The molecule has 0 aliphatic carbocycles. The number of carbonyl (C=O) groups excluding carboxylic acids is 3. The van der Waals surface area contributed by atoms with Gasteiger partial charge in [0.1, 0.15) is 28.8 Å². The topological polar surface area (TPSA) is 159 Å². The number of ether oxygens (including phenoxy) is 6. The van der Waals surface area contributed by atoms with Crippen LogP contribution in [-0.4, -0.2) is 44.3 Å². The first-order chi connectivity index (χ1) is 24.7. The Bertz CT molecular complexity index is 1580. The highest BCUT2D eigenvalue weighted by molar-refractivity contribution is 5.91. The van der Waals surface area contributed by atoms with Gasteiger partial charge in [-0.2, -0.15) is 0 Å². The first-order valence-corrected chi connectivity index (χ1v) is 17.0. The van der Waals surface area contributed by atoms with E-state index >= 15 is 0 Å². The van der Waals surface area contributed by atoms with Crippen molar-refractivity contribution in [2.45, 2.75) is 57.5 Å². The molecule has 3 aromatic carbocycles. The van der Waals surface area contributed by atoms with Crippen molar-refractivity contribution in [3.05, 3.63) is 115 Å². The Labute approximate surface area is 299 Å². The molecule has 11 nitrogen and oxygen atoms in total. The Morgan fingerprint density at radius 2 is 1.04 bits per heavy atom. The molecule has 0 aromatic heterocycles. The van der Waals surface area contributed by atoms with Crippen molar-refractivity contribution in [3.8, 4) is 23.0 Å². The van der Waals surface area contributed by atoms with Crippen molar-refractivity contribution in [1.82, 2.24) is 0 Å². The number of rotatable bonds is 24. The van der Waals surface area contributed by atoms with Crippen LogP contribution in [0.4, 0.5) is 0 Å². The Morgan fingerprint density at radius 1 is 0.588 bits per heavy atom. The van der Waals surface area contributed by atoms with E-state index in [1.165, 1.54) is 0 Å². The third-order valence-corrected chi connectivity index (χ3v) is 7.49. The van der Waals surface area contributed by atoms with Gasteiger partial charge in [0.25, 0.3) is 0 Å². The van der Waals surface area contributed by atoms with Gasteiger partial charge in [-0.1, -0.05) is 19.7 Å². The minimum atomic E-state index is -0.936. The third kappa shape index (κ3) is 14.9. The lowest BCUT2D eigenvalue weighted by Crippen LogP contribution is -2.22. The number of hydrogen-bond acceptors (Lipinski definition) is 11. The molecule has 3 rings (SSSR count). The van der Waals surface area contributed by atoms with E-state index in [1.807, 2.05) is 24.3 Å². The highest BCUT2D eigenvalue weighted by atomic mass is 16.5. The largest absolute Gasteiger partial charge is 0.494 e. The Kier molecular flexibility index (Phi) is 17.5. The lowest BCUT2D eigenvalue weighted by molar-refractivity contribution is -0.138. The predicted octanol–water partition coefficient (Wildman–Crippen LogP) is 7.21. The van der Waals surface area contributed by atoms with Crippen LogP contribution in [0.5, 0.6) is 23.0 Å². The molecule has 0 amide bonds. The second-order valence-electron chi connectivity index (χ2n) is 11.5. The summed E-state index contributed by atoms with van der Waals surface area (Å²) in [7, 11) is 0. The van der Waals surface area contributed by atoms with E-state index in [0.717, 1.165) is 74.8 Å². The fourth-order valence-electron chi connectivity index (χ4n) is 4.69. The Hall–Kier alpha value is -5.39. The second-order valence-corrected chi connectivity index (χ2v) is 11.5. The molecule has 0 aliphatic heterocycles. The van der Waals surface area contributed by atoms with Gasteiger partial charge in [-0.25, -0.2) is 14.4 Å². The molecule has 0 saturated carbocycles. The SMILES string of the molecule is C=CC(=O)OCCCCCCOc1ccc(C(=C)Oc2ccc(OC(=O)c3ccc(OCCCCCCOC(=O)C=C)cc3)c(C(N)N)c2)cc1. The molecule has 4 N–H and O–H groups in total. The lowest BCUT2D eigenvalue weighted by Gasteiger charge is -2.16. The predicted molar refractivity (Wildman–Crippen MR) is 195 cm³/mol. The molecular formula is C40H48N2O9. The highest BCUT2D eigenvalue weighted by Crippen LogP contribution is 2.30. The van der Waals surface area contributed by atoms with Gasteiger partial charge in [0, 0.05) is 23.3 Å². The van der Waals surface area contributed by atoms with E-state index in [9.17, 15) is 14.4 Å². The highest BCUT2D eigenvalue weighted by Gasteiger charge is 2.16. The number of carbonyl (C=O) groups is 3. The summed E-state index contributed by atoms with van der Waals surface area (Å²) in [4.78, 5) is 35.0. The first kappa shape index (κ1) is 40.0. The molecule has 0 radical (unpaired) electrons. The van der Waals surface area contributed by atoms with Gasteiger partial charge < -0.3 is 39.9 Å². The molecular weight excluding hydrogens is 652 g/mol. The fraction of sp³-hybridized carbons (Fsp3) is 0.325. The van der Waals surface area contributed by atoms with Crippen LogP contribution in [-0.2, 0) is 19.1 Å². The van der Waals surface area contributed by atoms with Crippen molar-refractivity contribution in [2.75, 3.05) is 26.4 Å². The molecule has 51 heavy (non-hydrogen) atoms. The maximum Gasteiger partial charge on any atom is 0.343 e. The van der Waals surface area contributed by atoms with Gasteiger partial charge in [0.05, 0.1) is 38.2 Å². The summed E-state index contributed by atoms with van der Waals surface area (Å²) < 4.78 is 33.1. The van der Waals surface area contributed by atoms with Crippen molar-refractivity contribution in [1.29, 1.82) is 0 Å². The molecule has 3 aromatic rings. The minimum absolute atomic E-state index is 0.213. The zero-order chi connectivity index (χ0) is 36.8. The number of benzene rings is 3. The molecule has 0 aliphatic rings. The van der Waals surface area contributed by atoms with Crippen LogP contribution in [0.3, 0.4) is 0 Å². The monoisotopic (exact) mass is 700 g/mol. The standard InChI is InChI=1S/C40H48N2O9/c1-4-37(43)48-26-12-8-6-10-24-46-32-18-14-30(15-19-32)29(3)50-34-22-23-36(35(28-34)39(41)42)51-40(45)31-16-20-33(21-17-31)47-25-11-7-9-13-27-49-38(44)5-2/h4-5,14-23,28,39H,1-3,6-13,24-27,41-42H2. The molecule has 0 bridgehead atoms. The van der Waals surface area contributed by atoms with Gasteiger partial charge in [0.15, 0.2) is 0 Å². The quantitative estimate of drug-likeness (QED) is 0.0243. The van der Waals surface area contributed by atoms with Crippen molar-refractivity contribution >= 4 is 23.7 Å². The van der Waals surface area contributed by atoms with Crippen LogP contribution >= 0.6 is 0 Å². The van der Waals surface area contributed by atoms with E-state index < -0.39 is 24.1 Å². The Morgan fingerprint density at radius 3 is 1.51 bits per heavy atom. The fourth-order valence-corrected chi connectivity index (χ4v) is 4.69. The van der Waals surface area contributed by atoms with E-state index in [1.54, 1.807) is 42.5 Å². The molecule has 0 fully saturated rings. The molecule has 0 unspecified atom stereocenters. The zero-order valence-electron chi connectivity index (χ0n) is 29.0. The van der Waals surface area contributed by atoms with Gasteiger partial charge in [-0.15, -0.1) is 0 Å². The second kappa shape index (κ2) is 22.4. The summed E-state index contributed by atoms with van der Waals surface area (Å²) >= 11 is 0.